The van der Waals surface area contributed by atoms with Crippen molar-refractivity contribution in [2.75, 3.05) is 5.32 Å². The molecule has 0 radical (unpaired) electrons. The van der Waals surface area contributed by atoms with Crippen molar-refractivity contribution < 1.29 is 9.32 Å². The van der Waals surface area contributed by atoms with Gasteiger partial charge in [0.2, 0.25) is 11.0 Å². The molecule has 2 aromatic heterocycles. The highest BCUT2D eigenvalue weighted by molar-refractivity contribution is 7.15. The molecule has 126 valence electrons. The molecule has 7 heteroatoms. The fourth-order valence-electron chi connectivity index (χ4n) is 2.62. The van der Waals surface area contributed by atoms with Gasteiger partial charge < -0.3 is 9.84 Å². The zero-order chi connectivity index (χ0) is 17.1. The van der Waals surface area contributed by atoms with Crippen LogP contribution >= 0.6 is 11.3 Å². The molecular formula is C17H20N4O2S. The lowest BCUT2D eigenvalue weighted by atomic mass is 10.1. The number of aromatic nitrogens is 3. The molecule has 3 rings (SSSR count). The second-order valence-electron chi connectivity index (χ2n) is 5.92. The Bertz CT molecular complexity index is 869. The van der Waals surface area contributed by atoms with Crippen molar-refractivity contribution in [2.24, 2.45) is 0 Å². The molecule has 0 unspecified atom stereocenters. The quantitative estimate of drug-likeness (QED) is 0.735. The second-order valence-corrected chi connectivity index (χ2v) is 6.98. The van der Waals surface area contributed by atoms with Gasteiger partial charge in [0.25, 0.3) is 0 Å². The fraction of sp³-hybridized carbons (Fsp3) is 0.412. The molecule has 3 aromatic rings. The van der Waals surface area contributed by atoms with Crippen molar-refractivity contribution in [1.29, 1.82) is 0 Å². The molecular weight excluding hydrogens is 324 g/mol. The van der Waals surface area contributed by atoms with E-state index in [1.165, 1.54) is 11.3 Å². The SMILES string of the molecule is CCCCc1nnc(NC(=O)Cc2noc3c(C)cc(C)cc23)s1. The van der Waals surface area contributed by atoms with Crippen LogP contribution in [0.15, 0.2) is 16.7 Å². The van der Waals surface area contributed by atoms with E-state index in [1.54, 1.807) is 0 Å². The van der Waals surface area contributed by atoms with E-state index in [1.807, 2.05) is 26.0 Å². The third-order valence-corrected chi connectivity index (χ3v) is 4.66. The Labute approximate surface area is 144 Å². The summed E-state index contributed by atoms with van der Waals surface area (Å²) in [6.07, 6.45) is 3.24. The van der Waals surface area contributed by atoms with Gasteiger partial charge in [-0.15, -0.1) is 10.2 Å². The van der Waals surface area contributed by atoms with Gasteiger partial charge in [-0.2, -0.15) is 0 Å². The van der Waals surface area contributed by atoms with E-state index < -0.39 is 0 Å². The first kappa shape index (κ1) is 16.6. The lowest BCUT2D eigenvalue weighted by Gasteiger charge is -2.00. The number of fused-ring (bicyclic) bond motifs is 1. The van der Waals surface area contributed by atoms with Crippen molar-refractivity contribution in [1.82, 2.24) is 15.4 Å². The number of rotatable bonds is 6. The Hall–Kier alpha value is -2.28. The van der Waals surface area contributed by atoms with Crippen molar-refractivity contribution in [3.8, 4) is 0 Å². The molecule has 0 atom stereocenters. The summed E-state index contributed by atoms with van der Waals surface area (Å²) in [5.74, 6) is -0.164. The van der Waals surface area contributed by atoms with Crippen LogP contribution in [0.1, 0.15) is 41.6 Å². The summed E-state index contributed by atoms with van der Waals surface area (Å²) >= 11 is 1.42. The van der Waals surface area contributed by atoms with Crippen LogP contribution in [0, 0.1) is 13.8 Å². The number of hydrogen-bond donors (Lipinski definition) is 1. The van der Waals surface area contributed by atoms with Gasteiger partial charge in [0.1, 0.15) is 10.7 Å². The Balaban J connectivity index is 1.70. The average Bonchev–Trinajstić information content (AvgIpc) is 3.13. The highest BCUT2D eigenvalue weighted by Gasteiger charge is 2.15. The monoisotopic (exact) mass is 344 g/mol. The predicted molar refractivity (Wildman–Crippen MR) is 94.3 cm³/mol. The summed E-state index contributed by atoms with van der Waals surface area (Å²) < 4.78 is 5.38. The van der Waals surface area contributed by atoms with Crippen molar-refractivity contribution in [3.63, 3.8) is 0 Å². The molecule has 0 saturated heterocycles. The Morgan fingerprint density at radius 2 is 2.12 bits per heavy atom. The molecule has 0 spiro atoms. The molecule has 0 fully saturated rings. The first-order chi connectivity index (χ1) is 11.6. The highest BCUT2D eigenvalue weighted by Crippen LogP contribution is 2.24. The van der Waals surface area contributed by atoms with Crippen LogP contribution in [0.25, 0.3) is 11.0 Å². The topological polar surface area (TPSA) is 80.9 Å². The average molecular weight is 344 g/mol. The number of benzene rings is 1. The van der Waals surface area contributed by atoms with Gasteiger partial charge in [-0.1, -0.05) is 35.9 Å². The first-order valence-corrected chi connectivity index (χ1v) is 8.86. The van der Waals surface area contributed by atoms with E-state index in [2.05, 4.69) is 27.6 Å². The third-order valence-electron chi connectivity index (χ3n) is 3.76. The highest BCUT2D eigenvalue weighted by atomic mass is 32.1. The number of nitrogens with zero attached hydrogens (tertiary/aromatic N) is 3. The van der Waals surface area contributed by atoms with E-state index in [9.17, 15) is 4.79 Å². The summed E-state index contributed by atoms with van der Waals surface area (Å²) in [6, 6.07) is 4.03. The molecule has 0 aliphatic heterocycles. The minimum absolute atomic E-state index is 0.153. The summed E-state index contributed by atoms with van der Waals surface area (Å²) in [5, 5.41) is 17.3. The third kappa shape index (κ3) is 3.62. The van der Waals surface area contributed by atoms with E-state index in [0.717, 1.165) is 46.4 Å². The van der Waals surface area contributed by atoms with Gasteiger partial charge >= 0.3 is 0 Å². The number of unbranched alkanes of at least 4 members (excludes halogenated alkanes) is 1. The van der Waals surface area contributed by atoms with Crippen LogP contribution in [0.5, 0.6) is 0 Å². The van der Waals surface area contributed by atoms with Gasteiger partial charge in [0.15, 0.2) is 5.58 Å². The summed E-state index contributed by atoms with van der Waals surface area (Å²) in [6.45, 7) is 6.13. The van der Waals surface area contributed by atoms with E-state index >= 15 is 0 Å². The van der Waals surface area contributed by atoms with Crippen LogP contribution < -0.4 is 5.32 Å². The molecule has 1 aromatic carbocycles. The number of carbonyl (C=O) groups excluding carboxylic acids is 1. The molecule has 1 N–H and O–H groups in total. The molecule has 0 aliphatic carbocycles. The maximum atomic E-state index is 12.3. The summed E-state index contributed by atoms with van der Waals surface area (Å²) in [5.41, 5.74) is 3.52. The van der Waals surface area contributed by atoms with Crippen LogP contribution in [-0.2, 0) is 17.6 Å². The number of anilines is 1. The fourth-order valence-corrected chi connectivity index (χ4v) is 3.41. The number of aryl methyl sites for hydroxylation is 3. The van der Waals surface area contributed by atoms with Gasteiger partial charge in [-0.3, -0.25) is 4.79 Å². The molecule has 6 nitrogen and oxygen atoms in total. The molecule has 2 heterocycles. The van der Waals surface area contributed by atoms with Gasteiger partial charge in [-0.25, -0.2) is 0 Å². The molecule has 24 heavy (non-hydrogen) atoms. The van der Waals surface area contributed by atoms with E-state index in [0.29, 0.717) is 10.8 Å². The minimum Gasteiger partial charge on any atom is -0.356 e. The van der Waals surface area contributed by atoms with E-state index in [-0.39, 0.29) is 12.3 Å². The summed E-state index contributed by atoms with van der Waals surface area (Å²) in [7, 11) is 0. The van der Waals surface area contributed by atoms with Gasteiger partial charge in [0.05, 0.1) is 6.42 Å². The lowest BCUT2D eigenvalue weighted by molar-refractivity contribution is -0.115. The van der Waals surface area contributed by atoms with Crippen molar-refractivity contribution in [2.45, 2.75) is 46.5 Å². The first-order valence-electron chi connectivity index (χ1n) is 8.04. The van der Waals surface area contributed by atoms with Crippen LogP contribution in [0.2, 0.25) is 0 Å². The predicted octanol–water partition coefficient (Wildman–Crippen LogP) is 3.82. The van der Waals surface area contributed by atoms with Gasteiger partial charge in [0, 0.05) is 11.8 Å². The molecule has 0 saturated carbocycles. The lowest BCUT2D eigenvalue weighted by Crippen LogP contribution is -2.14. The molecule has 0 bridgehead atoms. The number of nitrogens with one attached hydrogen (secondary N) is 1. The van der Waals surface area contributed by atoms with Crippen molar-refractivity contribution in [3.05, 3.63) is 34.0 Å². The Morgan fingerprint density at radius 3 is 2.92 bits per heavy atom. The van der Waals surface area contributed by atoms with E-state index in [4.69, 9.17) is 4.52 Å². The number of carbonyl (C=O) groups is 1. The second kappa shape index (κ2) is 7.09. The summed E-state index contributed by atoms with van der Waals surface area (Å²) in [4.78, 5) is 12.3. The number of hydrogen-bond acceptors (Lipinski definition) is 6. The maximum Gasteiger partial charge on any atom is 0.232 e. The standard InChI is InChI=1S/C17H20N4O2S/c1-4-5-6-15-19-20-17(24-15)18-14(22)9-13-12-8-10(2)7-11(3)16(12)23-21-13/h7-8H,4-6,9H2,1-3H3,(H,18,20,22). The zero-order valence-electron chi connectivity index (χ0n) is 14.0. The minimum atomic E-state index is -0.164. The van der Waals surface area contributed by atoms with Crippen molar-refractivity contribution >= 4 is 33.3 Å². The number of amides is 1. The van der Waals surface area contributed by atoms with Crippen LogP contribution in [0.3, 0.4) is 0 Å². The normalized spacial score (nSPS) is 11.1. The van der Waals surface area contributed by atoms with Crippen LogP contribution in [0.4, 0.5) is 5.13 Å². The van der Waals surface area contributed by atoms with Gasteiger partial charge in [-0.05, 0) is 37.5 Å². The molecule has 0 aliphatic rings. The zero-order valence-corrected chi connectivity index (χ0v) is 14.9. The largest absolute Gasteiger partial charge is 0.356 e. The Kier molecular flexibility index (Phi) is 4.89. The molecule has 1 amide bonds. The smallest absolute Gasteiger partial charge is 0.232 e. The maximum absolute atomic E-state index is 12.3. The van der Waals surface area contributed by atoms with Crippen LogP contribution in [-0.4, -0.2) is 21.3 Å². The Morgan fingerprint density at radius 1 is 1.29 bits per heavy atom.